The molecule has 0 aliphatic rings. The number of carbonyl (C=O) groups excluding carboxylic acids is 2. The topological polar surface area (TPSA) is 114 Å². The van der Waals surface area contributed by atoms with E-state index >= 15 is 0 Å². The molecular weight excluding hydrogens is 414 g/mol. The maximum atomic E-state index is 12.0. The SMILES string of the molecule is COc1ccccc1C=CC(=O)NC(=S)Nc1ccc(S(=O)(=O)NC(C)=O)cc1. The summed E-state index contributed by atoms with van der Waals surface area (Å²) in [5.74, 6) is -0.498. The number of carbonyl (C=O) groups is 2. The Bertz CT molecular complexity index is 1050. The van der Waals surface area contributed by atoms with Crippen LogP contribution in [0.3, 0.4) is 0 Å². The van der Waals surface area contributed by atoms with Gasteiger partial charge in [0, 0.05) is 24.3 Å². The van der Waals surface area contributed by atoms with Gasteiger partial charge in [0.25, 0.3) is 10.0 Å². The molecule has 0 saturated carbocycles. The maximum absolute atomic E-state index is 12.0. The van der Waals surface area contributed by atoms with Crippen LogP contribution in [0.5, 0.6) is 5.75 Å². The van der Waals surface area contributed by atoms with E-state index in [0.29, 0.717) is 11.4 Å². The Kier molecular flexibility index (Phi) is 7.46. The van der Waals surface area contributed by atoms with Gasteiger partial charge in [-0.1, -0.05) is 18.2 Å². The van der Waals surface area contributed by atoms with Gasteiger partial charge in [-0.3, -0.25) is 14.9 Å². The summed E-state index contributed by atoms with van der Waals surface area (Å²) in [6.45, 7) is 1.11. The average Bonchev–Trinajstić information content (AvgIpc) is 2.66. The molecule has 0 fully saturated rings. The number of hydrogen-bond acceptors (Lipinski definition) is 6. The van der Waals surface area contributed by atoms with Gasteiger partial charge in [0.2, 0.25) is 11.8 Å². The molecule has 2 aromatic rings. The molecular formula is C19H19N3O5S2. The fourth-order valence-electron chi connectivity index (χ4n) is 2.25. The van der Waals surface area contributed by atoms with Crippen LogP contribution in [0, 0.1) is 0 Å². The molecule has 2 aromatic carbocycles. The second-order valence-corrected chi connectivity index (χ2v) is 7.80. The molecule has 2 amide bonds. The van der Waals surface area contributed by atoms with Crippen LogP contribution in [0.1, 0.15) is 12.5 Å². The summed E-state index contributed by atoms with van der Waals surface area (Å²) in [5, 5.41) is 5.30. The Hall–Kier alpha value is -3.24. The average molecular weight is 434 g/mol. The number of nitrogens with one attached hydrogen (secondary N) is 3. The van der Waals surface area contributed by atoms with Crippen LogP contribution in [0.2, 0.25) is 0 Å². The van der Waals surface area contributed by atoms with Gasteiger partial charge in [0.15, 0.2) is 5.11 Å². The van der Waals surface area contributed by atoms with E-state index in [2.05, 4.69) is 10.6 Å². The lowest BCUT2D eigenvalue weighted by atomic mass is 10.2. The van der Waals surface area contributed by atoms with Gasteiger partial charge in [0.05, 0.1) is 12.0 Å². The molecule has 0 bridgehead atoms. The van der Waals surface area contributed by atoms with Gasteiger partial charge in [-0.25, -0.2) is 13.1 Å². The summed E-state index contributed by atoms with van der Waals surface area (Å²) in [4.78, 5) is 22.9. The number of ether oxygens (including phenoxy) is 1. The fraction of sp³-hybridized carbons (Fsp3) is 0.105. The summed E-state index contributed by atoms with van der Waals surface area (Å²) < 4.78 is 30.9. The highest BCUT2D eigenvalue weighted by atomic mass is 32.2. The van der Waals surface area contributed by atoms with Crippen molar-refractivity contribution in [1.29, 1.82) is 0 Å². The first-order chi connectivity index (χ1) is 13.7. The van der Waals surface area contributed by atoms with Crippen molar-refractivity contribution in [3.05, 3.63) is 60.2 Å². The van der Waals surface area contributed by atoms with Gasteiger partial charge >= 0.3 is 0 Å². The number of methoxy groups -OCH3 is 1. The Morgan fingerprint density at radius 2 is 1.72 bits per heavy atom. The third-order valence-corrected chi connectivity index (χ3v) is 5.14. The maximum Gasteiger partial charge on any atom is 0.264 e. The summed E-state index contributed by atoms with van der Waals surface area (Å²) in [7, 11) is -2.37. The molecule has 0 radical (unpaired) electrons. The molecule has 8 nitrogen and oxygen atoms in total. The van der Waals surface area contributed by atoms with Crippen LogP contribution in [0.4, 0.5) is 5.69 Å². The normalized spacial score (nSPS) is 11.0. The molecule has 0 atom stereocenters. The number of rotatable bonds is 6. The van der Waals surface area contributed by atoms with E-state index in [1.54, 1.807) is 25.3 Å². The quantitative estimate of drug-likeness (QED) is 0.472. The number of thiocarbonyl (C=S) groups is 1. The van der Waals surface area contributed by atoms with Crippen molar-refractivity contribution in [2.75, 3.05) is 12.4 Å². The van der Waals surface area contributed by atoms with Crippen LogP contribution in [0.15, 0.2) is 59.5 Å². The monoisotopic (exact) mass is 433 g/mol. The van der Waals surface area contributed by atoms with Crippen molar-refractivity contribution in [3.63, 3.8) is 0 Å². The lowest BCUT2D eigenvalue weighted by Gasteiger charge is -2.09. The molecule has 29 heavy (non-hydrogen) atoms. The number of amides is 2. The number of anilines is 1. The summed E-state index contributed by atoms with van der Waals surface area (Å²) in [6.07, 6.45) is 2.91. The van der Waals surface area contributed by atoms with Crippen LogP contribution in [-0.2, 0) is 19.6 Å². The largest absolute Gasteiger partial charge is 0.496 e. The molecule has 0 aliphatic heterocycles. The number of benzene rings is 2. The van der Waals surface area contributed by atoms with Crippen molar-refractivity contribution in [2.24, 2.45) is 0 Å². The predicted molar refractivity (Wildman–Crippen MR) is 114 cm³/mol. The van der Waals surface area contributed by atoms with Crippen molar-refractivity contribution >= 4 is 50.9 Å². The zero-order valence-electron chi connectivity index (χ0n) is 15.6. The molecule has 152 valence electrons. The number of sulfonamides is 1. The van der Waals surface area contributed by atoms with Gasteiger partial charge < -0.3 is 10.1 Å². The highest BCUT2D eigenvalue weighted by Crippen LogP contribution is 2.18. The van der Waals surface area contributed by atoms with Crippen LogP contribution >= 0.6 is 12.2 Å². The highest BCUT2D eigenvalue weighted by Gasteiger charge is 2.15. The highest BCUT2D eigenvalue weighted by molar-refractivity contribution is 7.90. The van der Waals surface area contributed by atoms with E-state index in [0.717, 1.165) is 12.5 Å². The second-order valence-electron chi connectivity index (χ2n) is 5.70. The van der Waals surface area contributed by atoms with Crippen molar-refractivity contribution in [2.45, 2.75) is 11.8 Å². The molecule has 0 aromatic heterocycles. The molecule has 0 aliphatic carbocycles. The van der Waals surface area contributed by atoms with E-state index in [9.17, 15) is 18.0 Å². The second kappa shape index (κ2) is 9.80. The van der Waals surface area contributed by atoms with E-state index in [-0.39, 0.29) is 10.0 Å². The third-order valence-electron chi connectivity index (χ3n) is 3.49. The summed E-state index contributed by atoms with van der Waals surface area (Å²) >= 11 is 5.08. The van der Waals surface area contributed by atoms with Crippen molar-refractivity contribution < 1.29 is 22.7 Å². The Morgan fingerprint density at radius 3 is 2.34 bits per heavy atom. The minimum atomic E-state index is -3.91. The first kappa shape index (κ1) is 22.1. The molecule has 0 heterocycles. The number of hydrogen-bond donors (Lipinski definition) is 3. The number of para-hydroxylation sites is 1. The molecule has 2 rings (SSSR count). The van der Waals surface area contributed by atoms with Crippen LogP contribution in [0.25, 0.3) is 6.08 Å². The first-order valence-corrected chi connectivity index (χ1v) is 10.2. The zero-order chi connectivity index (χ0) is 21.4. The Balaban J connectivity index is 1.96. The lowest BCUT2D eigenvalue weighted by molar-refractivity contribution is -0.117. The van der Waals surface area contributed by atoms with Crippen LogP contribution in [-0.4, -0.2) is 32.5 Å². The van der Waals surface area contributed by atoms with Crippen LogP contribution < -0.4 is 20.1 Å². The lowest BCUT2D eigenvalue weighted by Crippen LogP contribution is -2.32. The molecule has 0 spiro atoms. The van der Waals surface area contributed by atoms with E-state index in [1.807, 2.05) is 16.9 Å². The van der Waals surface area contributed by atoms with Gasteiger partial charge in [0.1, 0.15) is 5.75 Å². The minimum Gasteiger partial charge on any atom is -0.496 e. The van der Waals surface area contributed by atoms with E-state index in [4.69, 9.17) is 17.0 Å². The third kappa shape index (κ3) is 6.70. The smallest absolute Gasteiger partial charge is 0.264 e. The fourth-order valence-corrected chi connectivity index (χ4v) is 3.46. The first-order valence-electron chi connectivity index (χ1n) is 8.28. The predicted octanol–water partition coefficient (Wildman–Crippen LogP) is 2.05. The van der Waals surface area contributed by atoms with Crippen molar-refractivity contribution in [3.8, 4) is 5.75 Å². The van der Waals surface area contributed by atoms with Gasteiger partial charge in [-0.2, -0.15) is 0 Å². The summed E-state index contributed by atoms with van der Waals surface area (Å²) in [5.41, 5.74) is 1.20. The van der Waals surface area contributed by atoms with E-state index in [1.165, 1.54) is 30.3 Å². The minimum absolute atomic E-state index is 0.0390. The Labute approximate surface area is 174 Å². The molecule has 10 heteroatoms. The van der Waals surface area contributed by atoms with E-state index < -0.39 is 21.8 Å². The standard InChI is InChI=1S/C19H19N3O5S2/c1-13(23)22-29(25,26)16-10-8-15(9-11-16)20-19(28)21-18(24)12-7-14-5-3-4-6-17(14)27-2/h3-12H,1-2H3,(H,22,23)(H2,20,21,24,28). The van der Waals surface area contributed by atoms with Gasteiger partial charge in [-0.05, 0) is 48.6 Å². The Morgan fingerprint density at radius 1 is 1.07 bits per heavy atom. The van der Waals surface area contributed by atoms with Gasteiger partial charge in [-0.15, -0.1) is 0 Å². The summed E-state index contributed by atoms with van der Waals surface area (Å²) in [6, 6.07) is 12.7. The zero-order valence-corrected chi connectivity index (χ0v) is 17.3. The van der Waals surface area contributed by atoms with Crippen molar-refractivity contribution in [1.82, 2.24) is 10.0 Å². The molecule has 0 unspecified atom stereocenters. The molecule has 3 N–H and O–H groups in total. The molecule has 0 saturated heterocycles.